The summed E-state index contributed by atoms with van der Waals surface area (Å²) in [5, 5.41) is 0. The first-order valence-electron chi connectivity index (χ1n) is 7.08. The van der Waals surface area contributed by atoms with Gasteiger partial charge in [0.05, 0.1) is 19.3 Å². The van der Waals surface area contributed by atoms with Crippen molar-refractivity contribution in [1.29, 1.82) is 0 Å². The molecule has 3 nitrogen and oxygen atoms in total. The number of aryl methyl sites for hydroxylation is 1. The molecule has 2 N–H and O–H groups in total. The van der Waals surface area contributed by atoms with E-state index in [2.05, 4.69) is 56.9 Å². The Bertz CT molecular complexity index is 411. The summed E-state index contributed by atoms with van der Waals surface area (Å²) < 4.78 is 5.62. The molecule has 1 aromatic rings. The van der Waals surface area contributed by atoms with Crippen LogP contribution in [0, 0.1) is 6.92 Å². The highest BCUT2D eigenvalue weighted by Crippen LogP contribution is 2.32. The summed E-state index contributed by atoms with van der Waals surface area (Å²) in [4.78, 5) is 2.49. The molecular formula is C16H26N2O. The quantitative estimate of drug-likeness (QED) is 0.909. The molecule has 1 heterocycles. The molecule has 1 aliphatic heterocycles. The highest BCUT2D eigenvalue weighted by molar-refractivity contribution is 5.26. The molecule has 1 fully saturated rings. The molecule has 106 valence electrons. The third kappa shape index (κ3) is 3.16. The van der Waals surface area contributed by atoms with Gasteiger partial charge in [-0.15, -0.1) is 0 Å². The van der Waals surface area contributed by atoms with E-state index < -0.39 is 0 Å². The highest BCUT2D eigenvalue weighted by Gasteiger charge is 2.37. The fourth-order valence-corrected chi connectivity index (χ4v) is 2.92. The molecular weight excluding hydrogens is 236 g/mol. The molecule has 0 radical (unpaired) electrons. The zero-order valence-corrected chi connectivity index (χ0v) is 12.5. The van der Waals surface area contributed by atoms with Crippen molar-refractivity contribution in [1.82, 2.24) is 4.90 Å². The van der Waals surface area contributed by atoms with Crippen molar-refractivity contribution in [2.24, 2.45) is 5.73 Å². The van der Waals surface area contributed by atoms with E-state index in [1.807, 2.05) is 0 Å². The molecule has 2 unspecified atom stereocenters. The molecule has 2 rings (SSSR count). The third-order valence-electron chi connectivity index (χ3n) is 3.96. The lowest BCUT2D eigenvalue weighted by molar-refractivity contribution is -0.0765. The molecule has 1 aliphatic rings. The molecule has 19 heavy (non-hydrogen) atoms. The van der Waals surface area contributed by atoms with Gasteiger partial charge in [0.15, 0.2) is 0 Å². The van der Waals surface area contributed by atoms with Crippen molar-refractivity contribution in [3.8, 4) is 0 Å². The van der Waals surface area contributed by atoms with Gasteiger partial charge in [-0.3, -0.25) is 4.90 Å². The lowest BCUT2D eigenvalue weighted by atomic mass is 9.92. The van der Waals surface area contributed by atoms with Crippen LogP contribution in [0.5, 0.6) is 0 Å². The minimum absolute atomic E-state index is 0.0292. The van der Waals surface area contributed by atoms with Gasteiger partial charge < -0.3 is 10.5 Å². The molecule has 0 saturated carbocycles. The second kappa shape index (κ2) is 5.61. The topological polar surface area (TPSA) is 38.5 Å². The maximum Gasteiger partial charge on any atom is 0.0645 e. The van der Waals surface area contributed by atoms with Crippen LogP contribution < -0.4 is 5.73 Å². The van der Waals surface area contributed by atoms with Crippen molar-refractivity contribution < 1.29 is 4.74 Å². The zero-order valence-electron chi connectivity index (χ0n) is 12.5. The number of nitrogens with zero attached hydrogens (tertiary/aromatic N) is 1. The minimum atomic E-state index is 0.0292. The Morgan fingerprint density at radius 3 is 2.42 bits per heavy atom. The van der Waals surface area contributed by atoms with Crippen molar-refractivity contribution in [2.45, 2.75) is 45.3 Å². The van der Waals surface area contributed by atoms with E-state index in [9.17, 15) is 0 Å². The highest BCUT2D eigenvalue weighted by atomic mass is 16.5. The van der Waals surface area contributed by atoms with Crippen molar-refractivity contribution >= 4 is 0 Å². The van der Waals surface area contributed by atoms with Crippen LogP contribution >= 0.6 is 0 Å². The molecule has 3 heteroatoms. The van der Waals surface area contributed by atoms with E-state index in [1.165, 1.54) is 11.1 Å². The Kier molecular flexibility index (Phi) is 4.29. The molecule has 1 aromatic carbocycles. The number of rotatable bonds is 3. The lowest BCUT2D eigenvalue weighted by Gasteiger charge is -2.48. The zero-order chi connectivity index (χ0) is 14.0. The molecule has 0 spiro atoms. The van der Waals surface area contributed by atoms with Gasteiger partial charge in [-0.05, 0) is 33.3 Å². The van der Waals surface area contributed by atoms with Crippen molar-refractivity contribution in [3.63, 3.8) is 0 Å². The number of benzene rings is 1. The number of nitrogens with two attached hydrogens (primary N) is 1. The molecule has 0 amide bonds. The molecule has 0 aliphatic carbocycles. The number of morpholine rings is 1. The standard InChI is InChI=1S/C16H26N2O/c1-12-5-7-14(8-6-12)15(13(2)17)18-9-10-19-11-16(18,3)4/h5-8,13,15H,9-11,17H2,1-4H3. The van der Waals surface area contributed by atoms with E-state index in [1.54, 1.807) is 0 Å². The van der Waals surface area contributed by atoms with Gasteiger partial charge in [0, 0.05) is 18.1 Å². The van der Waals surface area contributed by atoms with E-state index in [-0.39, 0.29) is 17.6 Å². The summed E-state index contributed by atoms with van der Waals surface area (Å²) in [6.45, 7) is 11.2. The fourth-order valence-electron chi connectivity index (χ4n) is 2.92. The first-order valence-corrected chi connectivity index (χ1v) is 7.08. The first kappa shape index (κ1) is 14.5. The fraction of sp³-hybridized carbons (Fsp3) is 0.625. The van der Waals surface area contributed by atoms with Gasteiger partial charge in [0.2, 0.25) is 0 Å². The van der Waals surface area contributed by atoms with Crippen LogP contribution in [0.3, 0.4) is 0 Å². The van der Waals surface area contributed by atoms with Gasteiger partial charge in [-0.2, -0.15) is 0 Å². The van der Waals surface area contributed by atoms with Gasteiger partial charge in [-0.25, -0.2) is 0 Å². The normalized spacial score (nSPS) is 23.0. The molecule has 0 aromatic heterocycles. The molecule has 2 atom stereocenters. The number of hydrogen-bond donors (Lipinski definition) is 1. The summed E-state index contributed by atoms with van der Waals surface area (Å²) in [5.41, 5.74) is 8.89. The van der Waals surface area contributed by atoms with Crippen LogP contribution in [-0.2, 0) is 4.74 Å². The second-order valence-corrected chi connectivity index (χ2v) is 6.27. The van der Waals surface area contributed by atoms with E-state index >= 15 is 0 Å². The lowest BCUT2D eigenvalue weighted by Crippen LogP contribution is -2.57. The summed E-state index contributed by atoms with van der Waals surface area (Å²) >= 11 is 0. The average Bonchev–Trinajstić information content (AvgIpc) is 2.33. The Hall–Kier alpha value is -0.900. The van der Waals surface area contributed by atoms with E-state index in [0.717, 1.165) is 19.8 Å². The van der Waals surface area contributed by atoms with Crippen LogP contribution in [0.1, 0.15) is 37.9 Å². The largest absolute Gasteiger partial charge is 0.378 e. The van der Waals surface area contributed by atoms with Crippen LogP contribution in [0.2, 0.25) is 0 Å². The summed E-state index contributed by atoms with van der Waals surface area (Å²) in [6, 6.07) is 9.08. The Morgan fingerprint density at radius 1 is 1.26 bits per heavy atom. The second-order valence-electron chi connectivity index (χ2n) is 6.27. The SMILES string of the molecule is Cc1ccc(C(C(C)N)N2CCOCC2(C)C)cc1. The van der Waals surface area contributed by atoms with Gasteiger partial charge in [0.25, 0.3) is 0 Å². The monoisotopic (exact) mass is 262 g/mol. The summed E-state index contributed by atoms with van der Waals surface area (Å²) in [5.74, 6) is 0. The smallest absolute Gasteiger partial charge is 0.0645 e. The predicted molar refractivity (Wildman–Crippen MR) is 79.2 cm³/mol. The summed E-state index contributed by atoms with van der Waals surface area (Å²) in [6.07, 6.45) is 0. The van der Waals surface area contributed by atoms with Gasteiger partial charge in [-0.1, -0.05) is 29.8 Å². The molecule has 0 bridgehead atoms. The third-order valence-corrected chi connectivity index (χ3v) is 3.96. The van der Waals surface area contributed by atoms with Crippen LogP contribution in [0.25, 0.3) is 0 Å². The predicted octanol–water partition coefficient (Wildman–Crippen LogP) is 2.49. The maximum absolute atomic E-state index is 6.28. The Labute approximate surface area is 116 Å². The number of ether oxygens (including phenoxy) is 1. The Balaban J connectivity index is 2.31. The first-order chi connectivity index (χ1) is 8.92. The molecule has 1 saturated heterocycles. The van der Waals surface area contributed by atoms with Crippen LogP contribution in [-0.4, -0.2) is 36.2 Å². The van der Waals surface area contributed by atoms with Crippen molar-refractivity contribution in [3.05, 3.63) is 35.4 Å². The van der Waals surface area contributed by atoms with Crippen LogP contribution in [0.15, 0.2) is 24.3 Å². The average molecular weight is 262 g/mol. The minimum Gasteiger partial charge on any atom is -0.378 e. The maximum atomic E-state index is 6.28. The van der Waals surface area contributed by atoms with Crippen LogP contribution in [0.4, 0.5) is 0 Å². The van der Waals surface area contributed by atoms with Crippen molar-refractivity contribution in [2.75, 3.05) is 19.8 Å². The van der Waals surface area contributed by atoms with E-state index in [0.29, 0.717) is 0 Å². The van der Waals surface area contributed by atoms with Gasteiger partial charge in [0.1, 0.15) is 0 Å². The Morgan fingerprint density at radius 2 is 1.89 bits per heavy atom. The van der Waals surface area contributed by atoms with Gasteiger partial charge >= 0.3 is 0 Å². The number of hydrogen-bond acceptors (Lipinski definition) is 3. The van der Waals surface area contributed by atoms with E-state index in [4.69, 9.17) is 10.5 Å². The summed E-state index contributed by atoms with van der Waals surface area (Å²) in [7, 11) is 0.